The monoisotopic (exact) mass is 343 g/mol. The van der Waals surface area contributed by atoms with Gasteiger partial charge in [0.25, 0.3) is 0 Å². The normalized spacial score (nSPS) is 11.8. The fraction of sp³-hybridized carbons (Fsp3) is 0.400. The van der Waals surface area contributed by atoms with Crippen molar-refractivity contribution in [1.29, 1.82) is 0 Å². The Morgan fingerprint density at radius 2 is 1.92 bits per heavy atom. The van der Waals surface area contributed by atoms with Crippen molar-refractivity contribution in [2.24, 2.45) is 0 Å². The van der Waals surface area contributed by atoms with Crippen molar-refractivity contribution in [3.05, 3.63) is 54.4 Å². The molecule has 134 valence electrons. The number of para-hydroxylation sites is 1. The van der Waals surface area contributed by atoms with Crippen LogP contribution in [0.25, 0.3) is 0 Å². The molecule has 0 saturated heterocycles. The van der Waals surface area contributed by atoms with Gasteiger partial charge in [-0.25, -0.2) is 4.79 Å². The topological polar surface area (TPSA) is 57.7 Å². The second kappa shape index (κ2) is 9.67. The molecular formula is C20H25NO4. The Morgan fingerprint density at radius 1 is 1.12 bits per heavy atom. The van der Waals surface area contributed by atoms with Crippen LogP contribution in [0.5, 0.6) is 11.5 Å². The van der Waals surface area contributed by atoms with Crippen LogP contribution >= 0.6 is 0 Å². The summed E-state index contributed by atoms with van der Waals surface area (Å²) in [4.78, 5) is 16.2. The Bertz CT molecular complexity index is 658. The Balaban J connectivity index is 1.84. The third-order valence-electron chi connectivity index (χ3n) is 3.67. The lowest BCUT2D eigenvalue weighted by Crippen LogP contribution is -2.30. The van der Waals surface area contributed by atoms with Crippen molar-refractivity contribution in [3.63, 3.8) is 0 Å². The Labute approximate surface area is 148 Å². The van der Waals surface area contributed by atoms with Crippen molar-refractivity contribution >= 4 is 5.97 Å². The van der Waals surface area contributed by atoms with Gasteiger partial charge in [0, 0.05) is 6.20 Å². The van der Waals surface area contributed by atoms with E-state index in [-0.39, 0.29) is 19.2 Å². The summed E-state index contributed by atoms with van der Waals surface area (Å²) in [5.74, 6) is 1.31. The van der Waals surface area contributed by atoms with Gasteiger partial charge in [-0.05, 0) is 36.1 Å². The first-order valence-electron chi connectivity index (χ1n) is 8.56. The number of esters is 1. The second-order valence-corrected chi connectivity index (χ2v) is 5.91. The molecule has 1 atom stereocenters. The summed E-state index contributed by atoms with van der Waals surface area (Å²) in [5, 5.41) is 0. The van der Waals surface area contributed by atoms with Crippen LogP contribution in [-0.2, 0) is 9.53 Å². The molecule has 0 spiro atoms. The molecular weight excluding hydrogens is 318 g/mol. The summed E-state index contributed by atoms with van der Waals surface area (Å²) in [7, 11) is 0. The van der Waals surface area contributed by atoms with Gasteiger partial charge in [0.05, 0.1) is 6.20 Å². The number of nitrogens with zero attached hydrogens (tertiary/aromatic N) is 1. The van der Waals surface area contributed by atoms with Gasteiger partial charge in [-0.2, -0.15) is 0 Å². The summed E-state index contributed by atoms with van der Waals surface area (Å²) < 4.78 is 16.6. The number of ether oxygens (including phenoxy) is 3. The highest BCUT2D eigenvalue weighted by atomic mass is 16.6. The first-order valence-corrected chi connectivity index (χ1v) is 8.56. The molecule has 1 aromatic heterocycles. The molecule has 1 unspecified atom stereocenters. The molecule has 5 nitrogen and oxygen atoms in total. The van der Waals surface area contributed by atoms with Gasteiger partial charge in [-0.15, -0.1) is 0 Å². The molecule has 2 rings (SSSR count). The minimum atomic E-state index is -0.627. The molecule has 5 heteroatoms. The average molecular weight is 343 g/mol. The number of carbonyl (C=O) groups is 1. The number of pyridine rings is 1. The fourth-order valence-corrected chi connectivity index (χ4v) is 2.34. The van der Waals surface area contributed by atoms with E-state index in [0.717, 1.165) is 11.3 Å². The maximum absolute atomic E-state index is 12.3. The molecule has 0 amide bonds. The van der Waals surface area contributed by atoms with Crippen molar-refractivity contribution in [1.82, 2.24) is 4.98 Å². The van der Waals surface area contributed by atoms with Crippen LogP contribution in [0.2, 0.25) is 0 Å². The first kappa shape index (κ1) is 18.8. The van der Waals surface area contributed by atoms with Crippen LogP contribution in [0.3, 0.4) is 0 Å². The number of rotatable bonds is 9. The quantitative estimate of drug-likeness (QED) is 0.509. The Kier molecular flexibility index (Phi) is 7.26. The molecule has 0 radical (unpaired) electrons. The van der Waals surface area contributed by atoms with E-state index in [4.69, 9.17) is 14.2 Å². The summed E-state index contributed by atoms with van der Waals surface area (Å²) in [6.07, 6.45) is 3.20. The van der Waals surface area contributed by atoms with E-state index >= 15 is 0 Å². The zero-order valence-corrected chi connectivity index (χ0v) is 15.0. The predicted octanol–water partition coefficient (Wildman–Crippen LogP) is 3.98. The van der Waals surface area contributed by atoms with Crippen LogP contribution in [0.4, 0.5) is 0 Å². The van der Waals surface area contributed by atoms with E-state index < -0.39 is 6.10 Å². The van der Waals surface area contributed by atoms with E-state index in [1.807, 2.05) is 31.2 Å². The van der Waals surface area contributed by atoms with Crippen LogP contribution in [-0.4, -0.2) is 30.3 Å². The summed E-state index contributed by atoms with van der Waals surface area (Å²) in [6.45, 7) is 6.53. The SMILES string of the molecule is CCC(Oc1ccccc1C(C)C)C(=O)OCCOc1cccnc1. The minimum Gasteiger partial charge on any atom is -0.488 e. The minimum absolute atomic E-state index is 0.166. The smallest absolute Gasteiger partial charge is 0.347 e. The molecule has 0 bridgehead atoms. The van der Waals surface area contributed by atoms with E-state index in [9.17, 15) is 4.79 Å². The summed E-state index contributed by atoms with van der Waals surface area (Å²) in [6, 6.07) is 11.4. The molecule has 1 heterocycles. The van der Waals surface area contributed by atoms with Crippen molar-refractivity contribution in [2.75, 3.05) is 13.2 Å². The highest BCUT2D eigenvalue weighted by molar-refractivity contribution is 5.75. The highest BCUT2D eigenvalue weighted by Crippen LogP contribution is 2.27. The van der Waals surface area contributed by atoms with Crippen molar-refractivity contribution in [2.45, 2.75) is 39.2 Å². The molecule has 0 N–H and O–H groups in total. The number of hydrogen-bond acceptors (Lipinski definition) is 5. The fourth-order valence-electron chi connectivity index (χ4n) is 2.34. The van der Waals surface area contributed by atoms with E-state index in [2.05, 4.69) is 18.8 Å². The van der Waals surface area contributed by atoms with E-state index in [1.54, 1.807) is 24.5 Å². The third-order valence-corrected chi connectivity index (χ3v) is 3.67. The third kappa shape index (κ3) is 5.78. The predicted molar refractivity (Wildman–Crippen MR) is 95.9 cm³/mol. The number of hydrogen-bond donors (Lipinski definition) is 0. The number of benzene rings is 1. The molecule has 0 aliphatic carbocycles. The lowest BCUT2D eigenvalue weighted by molar-refractivity contribution is -0.152. The van der Waals surface area contributed by atoms with Crippen LogP contribution in [0, 0.1) is 0 Å². The van der Waals surface area contributed by atoms with Gasteiger partial charge in [-0.3, -0.25) is 4.98 Å². The molecule has 25 heavy (non-hydrogen) atoms. The molecule has 0 aliphatic rings. The van der Waals surface area contributed by atoms with Gasteiger partial charge in [0.2, 0.25) is 0 Å². The van der Waals surface area contributed by atoms with Crippen LogP contribution < -0.4 is 9.47 Å². The zero-order chi connectivity index (χ0) is 18.1. The molecule has 0 aliphatic heterocycles. The molecule has 0 fully saturated rings. The van der Waals surface area contributed by atoms with Gasteiger partial charge < -0.3 is 14.2 Å². The van der Waals surface area contributed by atoms with E-state index in [1.165, 1.54) is 0 Å². The number of aromatic nitrogens is 1. The van der Waals surface area contributed by atoms with Gasteiger partial charge in [0.15, 0.2) is 6.10 Å². The van der Waals surface area contributed by atoms with Gasteiger partial charge >= 0.3 is 5.97 Å². The largest absolute Gasteiger partial charge is 0.488 e. The van der Waals surface area contributed by atoms with Crippen LogP contribution in [0.15, 0.2) is 48.8 Å². The summed E-state index contributed by atoms with van der Waals surface area (Å²) >= 11 is 0. The lowest BCUT2D eigenvalue weighted by Gasteiger charge is -2.20. The van der Waals surface area contributed by atoms with Crippen molar-refractivity contribution in [3.8, 4) is 11.5 Å². The van der Waals surface area contributed by atoms with Gasteiger partial charge in [-0.1, -0.05) is 39.0 Å². The molecule has 2 aromatic rings. The molecule has 1 aromatic carbocycles. The lowest BCUT2D eigenvalue weighted by atomic mass is 10.0. The second-order valence-electron chi connectivity index (χ2n) is 5.91. The zero-order valence-electron chi connectivity index (χ0n) is 15.0. The first-order chi connectivity index (χ1) is 12.1. The van der Waals surface area contributed by atoms with Crippen LogP contribution in [0.1, 0.15) is 38.7 Å². The maximum Gasteiger partial charge on any atom is 0.347 e. The standard InChI is InChI=1S/C20H25NO4/c1-4-18(25-19-10-6-5-9-17(19)15(2)3)20(22)24-13-12-23-16-8-7-11-21-14-16/h5-11,14-15,18H,4,12-13H2,1-3H3. The maximum atomic E-state index is 12.3. The Hall–Kier alpha value is -2.56. The van der Waals surface area contributed by atoms with Gasteiger partial charge in [0.1, 0.15) is 24.7 Å². The average Bonchev–Trinajstić information content (AvgIpc) is 2.64. The summed E-state index contributed by atoms with van der Waals surface area (Å²) in [5.41, 5.74) is 1.08. The number of carbonyl (C=O) groups excluding carboxylic acids is 1. The van der Waals surface area contributed by atoms with E-state index in [0.29, 0.717) is 18.1 Å². The Morgan fingerprint density at radius 3 is 2.60 bits per heavy atom. The van der Waals surface area contributed by atoms with Crippen molar-refractivity contribution < 1.29 is 19.0 Å². The molecule has 0 saturated carbocycles. The highest BCUT2D eigenvalue weighted by Gasteiger charge is 2.21.